The monoisotopic (exact) mass is 395 g/mol. The molecule has 0 aliphatic heterocycles. The Morgan fingerprint density at radius 3 is 2.73 bits per heavy atom. The van der Waals surface area contributed by atoms with Gasteiger partial charge >= 0.3 is 0 Å². The second-order valence-corrected chi connectivity index (χ2v) is 6.68. The summed E-state index contributed by atoms with van der Waals surface area (Å²) in [5.41, 5.74) is 3.91. The first kappa shape index (κ1) is 17.6. The van der Waals surface area contributed by atoms with Crippen molar-refractivity contribution in [3.8, 4) is 11.3 Å². The van der Waals surface area contributed by atoms with Gasteiger partial charge in [-0.05, 0) is 35.9 Å². The van der Waals surface area contributed by atoms with Gasteiger partial charge in [0, 0.05) is 23.3 Å². The number of carbonyl (C=O) groups excluding carboxylic acids is 1. The van der Waals surface area contributed by atoms with Crippen LogP contribution in [0.15, 0.2) is 79.1 Å². The zero-order valence-corrected chi connectivity index (χ0v) is 15.8. The van der Waals surface area contributed by atoms with Crippen molar-refractivity contribution in [2.45, 2.75) is 0 Å². The molecule has 146 valence electrons. The number of aromatic amines is 2. The molecule has 0 saturated carbocycles. The summed E-state index contributed by atoms with van der Waals surface area (Å²) < 4.78 is 0. The molecule has 5 aromatic rings. The zero-order chi connectivity index (χ0) is 20.3. The van der Waals surface area contributed by atoms with Crippen molar-refractivity contribution in [2.24, 2.45) is 0 Å². The molecule has 0 saturated heterocycles. The van der Waals surface area contributed by atoms with Gasteiger partial charge in [-0.15, -0.1) is 0 Å². The molecule has 0 radical (unpaired) electrons. The van der Waals surface area contributed by atoms with Crippen LogP contribution in [0, 0.1) is 0 Å². The molecule has 3 heterocycles. The lowest BCUT2D eigenvalue weighted by molar-refractivity contribution is 0.102. The van der Waals surface area contributed by atoms with E-state index in [0.29, 0.717) is 17.2 Å². The first-order chi connectivity index (χ1) is 14.8. The molecule has 4 N–H and O–H groups in total. The number of rotatable bonds is 5. The lowest BCUT2D eigenvalue weighted by Crippen LogP contribution is -2.14. The lowest BCUT2D eigenvalue weighted by atomic mass is 10.1. The van der Waals surface area contributed by atoms with Crippen LogP contribution in [0.5, 0.6) is 0 Å². The summed E-state index contributed by atoms with van der Waals surface area (Å²) in [7, 11) is 0. The minimum absolute atomic E-state index is 0.306. The fraction of sp³-hybridized carbons (Fsp3) is 0. The smallest absolute Gasteiger partial charge is 0.260 e. The molecule has 2 aromatic carbocycles. The Bertz CT molecular complexity index is 1320. The number of anilines is 3. The van der Waals surface area contributed by atoms with Crippen LogP contribution in [0.4, 0.5) is 17.3 Å². The van der Waals surface area contributed by atoms with Gasteiger partial charge in [0.25, 0.3) is 5.91 Å². The highest BCUT2D eigenvalue weighted by Gasteiger charge is 2.15. The molecule has 8 heteroatoms. The third-order valence-corrected chi connectivity index (χ3v) is 4.66. The number of nitrogens with zero attached hydrogens (tertiary/aromatic N) is 3. The Kier molecular flexibility index (Phi) is 4.41. The van der Waals surface area contributed by atoms with Gasteiger partial charge in [-0.2, -0.15) is 10.2 Å². The molecule has 0 spiro atoms. The van der Waals surface area contributed by atoms with Crippen molar-refractivity contribution in [3.05, 3.63) is 84.7 Å². The molecule has 0 aliphatic rings. The largest absolute Gasteiger partial charge is 0.340 e. The molecule has 0 fully saturated rings. The lowest BCUT2D eigenvalue weighted by Gasteiger charge is -2.10. The van der Waals surface area contributed by atoms with E-state index in [-0.39, 0.29) is 5.91 Å². The number of hydrogen-bond donors (Lipinski definition) is 4. The summed E-state index contributed by atoms with van der Waals surface area (Å²) in [6, 6.07) is 20.8. The fourth-order valence-corrected chi connectivity index (χ4v) is 3.17. The van der Waals surface area contributed by atoms with E-state index in [1.54, 1.807) is 30.6 Å². The average molecular weight is 395 g/mol. The van der Waals surface area contributed by atoms with Crippen LogP contribution in [0.25, 0.3) is 22.2 Å². The number of aromatic nitrogens is 5. The second kappa shape index (κ2) is 7.51. The van der Waals surface area contributed by atoms with Gasteiger partial charge in [-0.3, -0.25) is 15.0 Å². The van der Waals surface area contributed by atoms with E-state index in [1.165, 1.54) is 0 Å². The summed E-state index contributed by atoms with van der Waals surface area (Å²) in [4.78, 5) is 17.2. The summed E-state index contributed by atoms with van der Waals surface area (Å²) in [5.74, 6) is 0.583. The minimum atomic E-state index is -0.306. The van der Waals surface area contributed by atoms with Gasteiger partial charge in [-0.1, -0.05) is 30.3 Å². The van der Waals surface area contributed by atoms with E-state index in [2.05, 4.69) is 36.0 Å². The molecule has 30 heavy (non-hydrogen) atoms. The summed E-state index contributed by atoms with van der Waals surface area (Å²) in [5, 5.41) is 21.1. The number of carbonyl (C=O) groups is 1. The van der Waals surface area contributed by atoms with Crippen molar-refractivity contribution in [1.29, 1.82) is 0 Å². The molecule has 0 atom stereocenters. The maximum absolute atomic E-state index is 12.9. The average Bonchev–Trinajstić information content (AvgIpc) is 3.44. The Morgan fingerprint density at radius 2 is 1.83 bits per heavy atom. The predicted octanol–water partition coefficient (Wildman–Crippen LogP) is 4.34. The standard InChI is InChI=1S/C22H17N7O/c30-22(26-20-12-19(28-29-20)14-5-2-1-3-6-14)17-7-4-10-23-21(17)25-16-9-8-15-13-24-27-18(15)11-16/h1-13H,(H,23,25)(H,24,27)(H2,26,28,29,30). The molecular formula is C22H17N7O. The molecule has 8 nitrogen and oxygen atoms in total. The van der Waals surface area contributed by atoms with Crippen LogP contribution in [0.3, 0.4) is 0 Å². The van der Waals surface area contributed by atoms with Crippen molar-refractivity contribution < 1.29 is 4.79 Å². The molecule has 5 rings (SSSR count). The second-order valence-electron chi connectivity index (χ2n) is 6.68. The van der Waals surface area contributed by atoms with Crippen molar-refractivity contribution >= 4 is 34.1 Å². The topological polar surface area (TPSA) is 111 Å². The number of amides is 1. The molecule has 3 aromatic heterocycles. The molecule has 0 unspecified atom stereocenters. The highest BCUT2D eigenvalue weighted by molar-refractivity contribution is 6.07. The van der Waals surface area contributed by atoms with Crippen LogP contribution in [0.1, 0.15) is 10.4 Å². The fourth-order valence-electron chi connectivity index (χ4n) is 3.17. The van der Waals surface area contributed by atoms with Crippen molar-refractivity contribution in [1.82, 2.24) is 25.4 Å². The van der Waals surface area contributed by atoms with E-state index < -0.39 is 0 Å². The molecule has 0 bridgehead atoms. The summed E-state index contributed by atoms with van der Waals surface area (Å²) in [6.07, 6.45) is 3.39. The Labute approximate surface area is 171 Å². The SMILES string of the molecule is O=C(Nc1cc(-c2ccccc2)[nH]n1)c1cccnc1Nc1ccc2cn[nH]c2c1. The van der Waals surface area contributed by atoms with Gasteiger partial charge in [0.2, 0.25) is 0 Å². The van der Waals surface area contributed by atoms with Gasteiger partial charge in [0.05, 0.1) is 23.0 Å². The molecular weight excluding hydrogens is 378 g/mol. The number of benzene rings is 2. The number of fused-ring (bicyclic) bond motifs is 1. The maximum atomic E-state index is 12.9. The number of H-pyrrole nitrogens is 2. The van der Waals surface area contributed by atoms with Gasteiger partial charge < -0.3 is 10.6 Å². The van der Waals surface area contributed by atoms with Crippen molar-refractivity contribution in [3.63, 3.8) is 0 Å². The van der Waals surface area contributed by atoms with Crippen LogP contribution in [-0.4, -0.2) is 31.3 Å². The number of pyridine rings is 1. The zero-order valence-electron chi connectivity index (χ0n) is 15.8. The quantitative estimate of drug-likeness (QED) is 0.354. The Hall–Kier alpha value is -4.46. The van der Waals surface area contributed by atoms with Crippen LogP contribution in [0.2, 0.25) is 0 Å². The van der Waals surface area contributed by atoms with E-state index >= 15 is 0 Å². The number of hydrogen-bond acceptors (Lipinski definition) is 5. The van der Waals surface area contributed by atoms with E-state index in [1.807, 2.05) is 48.5 Å². The van der Waals surface area contributed by atoms with Gasteiger partial charge in [-0.25, -0.2) is 4.98 Å². The predicted molar refractivity (Wildman–Crippen MR) is 116 cm³/mol. The van der Waals surface area contributed by atoms with Crippen LogP contribution in [-0.2, 0) is 0 Å². The van der Waals surface area contributed by atoms with Crippen molar-refractivity contribution in [2.75, 3.05) is 10.6 Å². The first-order valence-electron chi connectivity index (χ1n) is 9.34. The van der Waals surface area contributed by atoms with E-state index in [0.717, 1.165) is 27.8 Å². The first-order valence-corrected chi connectivity index (χ1v) is 9.34. The summed E-state index contributed by atoms with van der Waals surface area (Å²) in [6.45, 7) is 0. The minimum Gasteiger partial charge on any atom is -0.340 e. The normalized spacial score (nSPS) is 10.8. The molecule has 1 amide bonds. The van der Waals surface area contributed by atoms with E-state index in [4.69, 9.17) is 0 Å². The van der Waals surface area contributed by atoms with E-state index in [9.17, 15) is 4.79 Å². The highest BCUT2D eigenvalue weighted by atomic mass is 16.1. The maximum Gasteiger partial charge on any atom is 0.260 e. The molecule has 0 aliphatic carbocycles. The third kappa shape index (κ3) is 3.49. The van der Waals surface area contributed by atoms with Gasteiger partial charge in [0.15, 0.2) is 5.82 Å². The van der Waals surface area contributed by atoms with Crippen LogP contribution >= 0.6 is 0 Å². The van der Waals surface area contributed by atoms with Gasteiger partial charge in [0.1, 0.15) is 5.82 Å². The van der Waals surface area contributed by atoms with Crippen LogP contribution < -0.4 is 10.6 Å². The third-order valence-electron chi connectivity index (χ3n) is 4.66. The number of nitrogens with one attached hydrogen (secondary N) is 4. The Morgan fingerprint density at radius 1 is 0.933 bits per heavy atom. The highest BCUT2D eigenvalue weighted by Crippen LogP contribution is 2.23. The summed E-state index contributed by atoms with van der Waals surface area (Å²) >= 11 is 0. The Balaban J connectivity index is 1.37.